The lowest BCUT2D eigenvalue weighted by molar-refractivity contribution is 0.0987. The third-order valence-electron chi connectivity index (χ3n) is 5.80. The zero-order valence-corrected chi connectivity index (χ0v) is 18.3. The number of fused-ring (bicyclic) bond motifs is 1. The van der Waals surface area contributed by atoms with Gasteiger partial charge in [-0.2, -0.15) is 5.26 Å². The van der Waals surface area contributed by atoms with Gasteiger partial charge in [-0.15, -0.1) is 0 Å². The minimum atomic E-state index is -0.0752. The summed E-state index contributed by atoms with van der Waals surface area (Å²) in [6, 6.07) is 22.2. The zero-order valence-electron chi connectivity index (χ0n) is 18.3. The summed E-state index contributed by atoms with van der Waals surface area (Å²) in [5.41, 5.74) is 5.68. The van der Waals surface area contributed by atoms with Crippen LogP contribution in [0.3, 0.4) is 0 Å². The molecule has 1 aromatic heterocycles. The third kappa shape index (κ3) is 4.32. The average Bonchev–Trinajstić information content (AvgIpc) is 3.53. The van der Waals surface area contributed by atoms with Crippen LogP contribution in [-0.2, 0) is 6.42 Å². The highest BCUT2D eigenvalue weighted by molar-refractivity contribution is 6.15. The van der Waals surface area contributed by atoms with Crippen LogP contribution in [-0.4, -0.2) is 27.2 Å². The molecule has 0 atom stereocenters. The van der Waals surface area contributed by atoms with Crippen molar-refractivity contribution in [2.45, 2.75) is 19.3 Å². The molecular formula is C28H20N4O2. The summed E-state index contributed by atoms with van der Waals surface area (Å²) < 4.78 is 0. The van der Waals surface area contributed by atoms with Gasteiger partial charge in [0.2, 0.25) is 0 Å². The molecule has 164 valence electrons. The highest BCUT2D eigenvalue weighted by Gasteiger charge is 2.18. The van der Waals surface area contributed by atoms with E-state index in [-0.39, 0.29) is 24.4 Å². The number of para-hydroxylation sites is 1. The van der Waals surface area contributed by atoms with E-state index in [0.717, 1.165) is 22.4 Å². The van der Waals surface area contributed by atoms with Crippen LogP contribution in [0.25, 0.3) is 22.2 Å². The number of aromatic amines is 1. The molecule has 4 aromatic rings. The van der Waals surface area contributed by atoms with E-state index in [0.29, 0.717) is 34.5 Å². The lowest BCUT2D eigenvalue weighted by atomic mass is 9.99. The Balaban J connectivity index is 1.36. The van der Waals surface area contributed by atoms with Crippen molar-refractivity contribution >= 4 is 28.3 Å². The van der Waals surface area contributed by atoms with Gasteiger partial charge in [-0.25, -0.2) is 4.98 Å². The van der Waals surface area contributed by atoms with E-state index >= 15 is 0 Å². The van der Waals surface area contributed by atoms with Gasteiger partial charge in [-0.1, -0.05) is 42.5 Å². The Bertz CT molecular complexity index is 1520. The molecule has 1 aliphatic rings. The standard InChI is InChI=1S/C28H20N4O2/c29-17-18-9-11-19(12-10-18)20-4-1-5-21(14-20)25(33)16-27-31-24-8-2-7-23(28(24)32-27)26(34)15-22-6-3-13-30-22/h1-5,7-14H,6,15-16H2,(H,31,32). The maximum atomic E-state index is 13.0. The molecule has 0 amide bonds. The number of carbonyl (C=O) groups is 2. The van der Waals surface area contributed by atoms with Crippen LogP contribution < -0.4 is 0 Å². The third-order valence-corrected chi connectivity index (χ3v) is 5.80. The summed E-state index contributed by atoms with van der Waals surface area (Å²) >= 11 is 0. The van der Waals surface area contributed by atoms with Gasteiger partial charge in [-0.3, -0.25) is 14.6 Å². The first-order chi connectivity index (χ1) is 16.6. The van der Waals surface area contributed by atoms with E-state index < -0.39 is 0 Å². The van der Waals surface area contributed by atoms with Crippen LogP contribution in [0.1, 0.15) is 44.9 Å². The van der Waals surface area contributed by atoms with Gasteiger partial charge in [-0.05, 0) is 41.5 Å². The van der Waals surface area contributed by atoms with E-state index in [1.807, 2.05) is 48.5 Å². The summed E-state index contributed by atoms with van der Waals surface area (Å²) in [7, 11) is 0. The number of ketones is 2. The molecule has 0 saturated heterocycles. The fourth-order valence-corrected chi connectivity index (χ4v) is 4.05. The minimum Gasteiger partial charge on any atom is -0.342 e. The maximum absolute atomic E-state index is 13.0. The number of H-pyrrole nitrogens is 1. The highest BCUT2D eigenvalue weighted by atomic mass is 16.1. The van der Waals surface area contributed by atoms with Crippen LogP contribution in [0.5, 0.6) is 0 Å². The van der Waals surface area contributed by atoms with Gasteiger partial charge in [0, 0.05) is 35.9 Å². The second kappa shape index (κ2) is 9.08. The number of nitrogens with zero attached hydrogens (tertiary/aromatic N) is 3. The lowest BCUT2D eigenvalue weighted by Crippen LogP contribution is -2.07. The largest absolute Gasteiger partial charge is 0.342 e. The number of carbonyl (C=O) groups excluding carboxylic acids is 2. The molecule has 5 rings (SSSR count). The number of Topliss-reactive ketones (excluding diaryl/α,β-unsaturated/α-hetero) is 2. The number of imidazole rings is 1. The molecule has 0 radical (unpaired) electrons. The van der Waals surface area contributed by atoms with Gasteiger partial charge in [0.1, 0.15) is 5.82 Å². The van der Waals surface area contributed by atoms with Crippen molar-refractivity contribution in [1.82, 2.24) is 9.97 Å². The van der Waals surface area contributed by atoms with Crippen molar-refractivity contribution in [3.05, 3.63) is 102 Å². The number of nitriles is 1. The van der Waals surface area contributed by atoms with Crippen LogP contribution in [0.2, 0.25) is 0 Å². The fourth-order valence-electron chi connectivity index (χ4n) is 4.05. The summed E-state index contributed by atoms with van der Waals surface area (Å²) in [5.74, 6) is 0.408. The average molecular weight is 444 g/mol. The van der Waals surface area contributed by atoms with E-state index in [1.165, 1.54) is 0 Å². The molecule has 0 unspecified atom stereocenters. The quantitative estimate of drug-likeness (QED) is 0.383. The summed E-state index contributed by atoms with van der Waals surface area (Å²) in [6.45, 7) is 0. The van der Waals surface area contributed by atoms with Crippen LogP contribution in [0.15, 0.2) is 84.0 Å². The first kappa shape index (κ1) is 21.2. The molecule has 0 fully saturated rings. The SMILES string of the molecule is N#Cc1ccc(-c2cccc(C(=O)Cc3nc4c(C(=O)CC5=NC=CC5)cccc4[nH]3)c2)cc1. The van der Waals surface area contributed by atoms with E-state index in [2.05, 4.69) is 21.0 Å². The van der Waals surface area contributed by atoms with Gasteiger partial charge in [0.05, 0.1) is 29.1 Å². The summed E-state index contributed by atoms with van der Waals surface area (Å²) in [4.78, 5) is 37.9. The van der Waals surface area contributed by atoms with Crippen molar-refractivity contribution < 1.29 is 9.59 Å². The molecule has 0 saturated carbocycles. The van der Waals surface area contributed by atoms with Crippen LogP contribution in [0, 0.1) is 11.3 Å². The van der Waals surface area contributed by atoms with Gasteiger partial charge in [0.25, 0.3) is 0 Å². The molecular weight excluding hydrogens is 424 g/mol. The van der Waals surface area contributed by atoms with Crippen molar-refractivity contribution in [2.75, 3.05) is 0 Å². The molecule has 1 aliphatic heterocycles. The Morgan fingerprint density at radius 3 is 2.53 bits per heavy atom. The Kier molecular flexibility index (Phi) is 5.67. The normalized spacial score (nSPS) is 12.5. The predicted molar refractivity (Wildman–Crippen MR) is 131 cm³/mol. The highest BCUT2D eigenvalue weighted by Crippen LogP contribution is 2.23. The number of benzene rings is 3. The molecule has 2 heterocycles. The molecule has 6 heteroatoms. The molecule has 0 aliphatic carbocycles. The van der Waals surface area contributed by atoms with E-state index in [1.54, 1.807) is 30.5 Å². The van der Waals surface area contributed by atoms with Crippen molar-refractivity contribution in [1.29, 1.82) is 5.26 Å². The number of nitrogens with one attached hydrogen (secondary N) is 1. The van der Waals surface area contributed by atoms with Crippen LogP contribution >= 0.6 is 0 Å². The van der Waals surface area contributed by atoms with Crippen molar-refractivity contribution in [3.63, 3.8) is 0 Å². The van der Waals surface area contributed by atoms with Crippen molar-refractivity contribution in [3.8, 4) is 17.2 Å². The van der Waals surface area contributed by atoms with Crippen molar-refractivity contribution in [2.24, 2.45) is 4.99 Å². The Labute approximate surface area is 196 Å². The lowest BCUT2D eigenvalue weighted by Gasteiger charge is -2.05. The molecule has 1 N–H and O–H groups in total. The van der Waals surface area contributed by atoms with Crippen LogP contribution in [0.4, 0.5) is 0 Å². The molecule has 6 nitrogen and oxygen atoms in total. The number of hydrogen-bond donors (Lipinski definition) is 1. The Morgan fingerprint density at radius 2 is 1.76 bits per heavy atom. The monoisotopic (exact) mass is 444 g/mol. The second-order valence-corrected chi connectivity index (χ2v) is 8.14. The Hall–Kier alpha value is -4.63. The first-order valence-corrected chi connectivity index (χ1v) is 11.0. The molecule has 3 aromatic carbocycles. The van der Waals surface area contributed by atoms with Gasteiger partial charge >= 0.3 is 0 Å². The number of aliphatic imine (C=N–C) groups is 1. The zero-order chi connectivity index (χ0) is 23.5. The van der Waals surface area contributed by atoms with E-state index in [4.69, 9.17) is 5.26 Å². The number of allylic oxidation sites excluding steroid dienone is 1. The van der Waals surface area contributed by atoms with Gasteiger partial charge in [0.15, 0.2) is 11.6 Å². The van der Waals surface area contributed by atoms with Gasteiger partial charge < -0.3 is 4.98 Å². The fraction of sp³-hybridized carbons (Fsp3) is 0.107. The maximum Gasteiger partial charge on any atom is 0.170 e. The summed E-state index contributed by atoms with van der Waals surface area (Å²) in [6.07, 6.45) is 4.70. The first-order valence-electron chi connectivity index (χ1n) is 11.0. The number of aromatic nitrogens is 2. The second-order valence-electron chi connectivity index (χ2n) is 8.14. The van der Waals surface area contributed by atoms with E-state index in [9.17, 15) is 9.59 Å². The molecule has 0 spiro atoms. The predicted octanol–water partition coefficient (Wildman–Crippen LogP) is 5.46. The number of rotatable bonds is 7. The number of hydrogen-bond acceptors (Lipinski definition) is 5. The Morgan fingerprint density at radius 1 is 0.941 bits per heavy atom. The molecule has 34 heavy (non-hydrogen) atoms. The molecule has 0 bridgehead atoms. The minimum absolute atomic E-state index is 0.0347. The topological polar surface area (TPSA) is 99.0 Å². The summed E-state index contributed by atoms with van der Waals surface area (Å²) in [5, 5.41) is 8.99. The smallest absolute Gasteiger partial charge is 0.170 e.